The maximum absolute atomic E-state index is 13.3. The van der Waals surface area contributed by atoms with Crippen molar-refractivity contribution in [3.8, 4) is 0 Å². The molecule has 1 saturated heterocycles. The molecule has 198 valence electrons. The second-order valence-corrected chi connectivity index (χ2v) is 9.69. The molecule has 2 rings (SSSR count). The van der Waals surface area contributed by atoms with Gasteiger partial charge < -0.3 is 21.1 Å². The minimum atomic E-state index is -1.17. The maximum atomic E-state index is 13.3. The summed E-state index contributed by atoms with van der Waals surface area (Å²) in [6.07, 6.45) is 3.20. The molecule has 1 heterocycles. The van der Waals surface area contributed by atoms with Crippen LogP contribution < -0.4 is 21.4 Å². The summed E-state index contributed by atoms with van der Waals surface area (Å²) in [6.45, 7) is 3.64. The highest BCUT2D eigenvalue weighted by atomic mass is 32.2. The average molecular weight is 522 g/mol. The molecule has 0 aliphatic carbocycles. The summed E-state index contributed by atoms with van der Waals surface area (Å²) < 4.78 is 0. The lowest BCUT2D eigenvalue weighted by molar-refractivity contribution is -0.139. The van der Waals surface area contributed by atoms with E-state index >= 15 is 0 Å². The lowest BCUT2D eigenvalue weighted by Gasteiger charge is -2.30. The number of nitrogens with zero attached hydrogens (tertiary/aromatic N) is 1. The number of rotatable bonds is 12. The highest BCUT2D eigenvalue weighted by Gasteiger charge is 2.34. The molecule has 36 heavy (non-hydrogen) atoms. The van der Waals surface area contributed by atoms with E-state index in [1.54, 1.807) is 31.2 Å². The molecule has 0 unspecified atom stereocenters. The Morgan fingerprint density at radius 1 is 1.19 bits per heavy atom. The number of aliphatic carboxylic acids is 1. The Morgan fingerprint density at radius 3 is 2.44 bits per heavy atom. The predicted octanol–water partition coefficient (Wildman–Crippen LogP) is 1.25. The van der Waals surface area contributed by atoms with Crippen LogP contribution in [0.25, 0.3) is 0 Å². The monoisotopic (exact) mass is 521 g/mol. The first-order valence-corrected chi connectivity index (χ1v) is 13.3. The van der Waals surface area contributed by atoms with Crippen LogP contribution in [0, 0.1) is 5.92 Å². The summed E-state index contributed by atoms with van der Waals surface area (Å²) in [7, 11) is 0. The van der Waals surface area contributed by atoms with Gasteiger partial charge in [-0.05, 0) is 36.3 Å². The van der Waals surface area contributed by atoms with Gasteiger partial charge in [-0.15, -0.1) is 0 Å². The van der Waals surface area contributed by atoms with Crippen LogP contribution in [-0.4, -0.2) is 70.0 Å². The van der Waals surface area contributed by atoms with Crippen LogP contribution in [0.2, 0.25) is 0 Å². The van der Waals surface area contributed by atoms with Crippen molar-refractivity contribution in [3.05, 3.63) is 35.9 Å². The Labute approximate surface area is 215 Å². The highest BCUT2D eigenvalue weighted by Crippen LogP contribution is 2.13. The number of hydrogen-bond acceptors (Lipinski definition) is 6. The van der Waals surface area contributed by atoms with E-state index in [-0.39, 0.29) is 31.2 Å². The van der Waals surface area contributed by atoms with E-state index < -0.39 is 41.9 Å². The van der Waals surface area contributed by atoms with E-state index in [9.17, 15) is 29.1 Å². The summed E-state index contributed by atoms with van der Waals surface area (Å²) in [5, 5.41) is 18.3. The average Bonchev–Trinajstić information content (AvgIpc) is 3.30. The molecular weight excluding hydrogens is 486 g/mol. The van der Waals surface area contributed by atoms with E-state index in [1.165, 1.54) is 11.8 Å². The molecule has 4 atom stereocenters. The third kappa shape index (κ3) is 8.74. The number of carboxylic acids is 1. The molecule has 0 aromatic heterocycles. The number of benzene rings is 1. The van der Waals surface area contributed by atoms with Gasteiger partial charge in [0, 0.05) is 6.42 Å². The van der Waals surface area contributed by atoms with Crippen molar-refractivity contribution < 1.29 is 29.1 Å². The Balaban J connectivity index is 2.20. The van der Waals surface area contributed by atoms with Gasteiger partial charge in [-0.1, -0.05) is 50.6 Å². The summed E-state index contributed by atoms with van der Waals surface area (Å²) in [4.78, 5) is 62.2. The molecule has 0 saturated carbocycles. The molecule has 1 aliphatic heterocycles. The fourth-order valence-electron chi connectivity index (χ4n) is 3.62. The number of urea groups is 1. The molecule has 0 spiro atoms. The molecule has 5 N–H and O–H groups in total. The van der Waals surface area contributed by atoms with Crippen molar-refractivity contribution in [2.75, 3.05) is 12.0 Å². The van der Waals surface area contributed by atoms with Crippen LogP contribution in [0.15, 0.2) is 30.3 Å². The molecule has 1 aromatic rings. The summed E-state index contributed by atoms with van der Waals surface area (Å²) >= 11 is 1.46. The number of nitrogens with one attached hydrogen (secondary N) is 4. The van der Waals surface area contributed by atoms with Crippen molar-refractivity contribution in [2.45, 2.75) is 64.2 Å². The number of hydrogen-bond donors (Lipinski definition) is 5. The van der Waals surface area contributed by atoms with Crippen LogP contribution in [0.3, 0.4) is 0 Å². The molecule has 1 fully saturated rings. The molecule has 1 aromatic carbocycles. The number of hydrazine groups is 1. The van der Waals surface area contributed by atoms with Gasteiger partial charge in [-0.2, -0.15) is 11.8 Å². The van der Waals surface area contributed by atoms with E-state index in [2.05, 4.69) is 21.4 Å². The first-order valence-electron chi connectivity index (χ1n) is 11.9. The Bertz CT molecular complexity index is 931. The van der Waals surface area contributed by atoms with Gasteiger partial charge in [0.15, 0.2) is 0 Å². The van der Waals surface area contributed by atoms with Gasteiger partial charge in [-0.25, -0.2) is 14.6 Å². The Kier molecular flexibility index (Phi) is 11.5. The minimum Gasteiger partial charge on any atom is -0.480 e. The van der Waals surface area contributed by atoms with Crippen LogP contribution in [0.1, 0.15) is 45.1 Å². The zero-order chi connectivity index (χ0) is 26.7. The van der Waals surface area contributed by atoms with E-state index in [0.717, 1.165) is 5.01 Å². The third-order valence-electron chi connectivity index (χ3n) is 5.99. The van der Waals surface area contributed by atoms with Crippen molar-refractivity contribution in [2.24, 2.45) is 5.92 Å². The lowest BCUT2D eigenvalue weighted by atomic mass is 9.98. The predicted molar refractivity (Wildman–Crippen MR) is 136 cm³/mol. The quantitative estimate of drug-likeness (QED) is 0.259. The zero-order valence-corrected chi connectivity index (χ0v) is 21.6. The highest BCUT2D eigenvalue weighted by molar-refractivity contribution is 7.98. The number of carboxylic acid groups (broad SMARTS) is 1. The lowest BCUT2D eigenvalue weighted by Crippen LogP contribution is -2.60. The minimum absolute atomic E-state index is 0.0207. The van der Waals surface area contributed by atoms with Crippen LogP contribution >= 0.6 is 11.8 Å². The van der Waals surface area contributed by atoms with E-state index in [4.69, 9.17) is 0 Å². The second kappa shape index (κ2) is 14.3. The van der Waals surface area contributed by atoms with Crippen molar-refractivity contribution in [3.63, 3.8) is 0 Å². The van der Waals surface area contributed by atoms with E-state index in [0.29, 0.717) is 24.2 Å². The summed E-state index contributed by atoms with van der Waals surface area (Å²) in [5.41, 5.74) is 3.28. The summed E-state index contributed by atoms with van der Waals surface area (Å²) in [6, 6.07) is 5.32. The van der Waals surface area contributed by atoms with Crippen LogP contribution in [0.4, 0.5) is 4.79 Å². The van der Waals surface area contributed by atoms with Crippen molar-refractivity contribution in [1.29, 1.82) is 0 Å². The Hall–Kier alpha value is -3.28. The Morgan fingerprint density at radius 2 is 1.89 bits per heavy atom. The normalized spacial score (nSPS) is 17.3. The maximum Gasteiger partial charge on any atom is 0.337 e. The molecule has 5 amide bonds. The van der Waals surface area contributed by atoms with Crippen molar-refractivity contribution >= 4 is 41.5 Å². The van der Waals surface area contributed by atoms with Gasteiger partial charge >= 0.3 is 12.0 Å². The number of amides is 5. The molecule has 0 radical (unpaired) electrons. The molecule has 11 nitrogen and oxygen atoms in total. The molecule has 12 heteroatoms. The number of carbonyl (C=O) groups is 5. The van der Waals surface area contributed by atoms with Gasteiger partial charge in [-0.3, -0.25) is 19.8 Å². The SMILES string of the molecule is CC[C@H](C)[C@H](NC(=O)[C@@H]1CCC(=O)N1)C(=O)NN(Cc1ccccc1)C(=O)N[C@@H](CCSC)C(=O)O. The standard InChI is InChI=1S/C24H35N5O6S/c1-4-15(2)20(27-21(31)17-10-11-19(30)25-17)22(32)28-29(14-16-8-6-5-7-9-16)24(35)26-18(23(33)34)12-13-36-3/h5-9,15,17-18,20H,4,10-14H2,1-3H3,(H,25,30)(H,26,35)(H,27,31)(H,28,32)(H,33,34)/t15-,17-,18-,20-/m0/s1. The fourth-order valence-corrected chi connectivity index (χ4v) is 4.09. The number of thioether (sulfide) groups is 1. The fraction of sp³-hybridized carbons (Fsp3) is 0.542. The largest absolute Gasteiger partial charge is 0.480 e. The van der Waals surface area contributed by atoms with Gasteiger partial charge in [0.05, 0.1) is 6.54 Å². The first-order chi connectivity index (χ1) is 17.2. The van der Waals surface area contributed by atoms with Crippen LogP contribution in [-0.2, 0) is 25.7 Å². The van der Waals surface area contributed by atoms with Gasteiger partial charge in [0.1, 0.15) is 18.1 Å². The zero-order valence-electron chi connectivity index (χ0n) is 20.8. The second-order valence-electron chi connectivity index (χ2n) is 8.70. The molecule has 1 aliphatic rings. The van der Waals surface area contributed by atoms with Crippen molar-refractivity contribution in [1.82, 2.24) is 26.4 Å². The smallest absolute Gasteiger partial charge is 0.337 e. The van der Waals surface area contributed by atoms with Gasteiger partial charge in [0.25, 0.3) is 5.91 Å². The first kappa shape index (κ1) is 29.0. The molecule has 0 bridgehead atoms. The molecular formula is C24H35N5O6S. The van der Waals surface area contributed by atoms with Gasteiger partial charge in [0.2, 0.25) is 11.8 Å². The van der Waals surface area contributed by atoms with E-state index in [1.807, 2.05) is 19.2 Å². The third-order valence-corrected chi connectivity index (χ3v) is 6.63. The topological polar surface area (TPSA) is 157 Å². The van der Waals surface area contributed by atoms with Crippen LogP contribution in [0.5, 0.6) is 0 Å². The summed E-state index contributed by atoms with van der Waals surface area (Å²) in [5.74, 6) is -2.23. The number of carbonyl (C=O) groups excluding carboxylic acids is 4.